The largest absolute Gasteiger partial charge is 0.494 e. The molecule has 2 nitrogen and oxygen atoms in total. The van der Waals surface area contributed by atoms with E-state index in [9.17, 15) is 0 Å². The Bertz CT molecular complexity index is 276. The van der Waals surface area contributed by atoms with Crippen LogP contribution < -0.4 is 10.5 Å². The molecule has 0 aliphatic carbocycles. The van der Waals surface area contributed by atoms with E-state index in [4.69, 9.17) is 22.1 Å². The zero-order valence-electron chi connectivity index (χ0n) is 7.93. The fourth-order valence-electron chi connectivity index (χ4n) is 1.03. The van der Waals surface area contributed by atoms with Gasteiger partial charge in [-0.15, -0.1) is 0 Å². The van der Waals surface area contributed by atoms with Gasteiger partial charge in [0.05, 0.1) is 17.3 Å². The van der Waals surface area contributed by atoms with Gasteiger partial charge in [0.1, 0.15) is 5.75 Å². The first-order valence-corrected chi connectivity index (χ1v) is 4.71. The smallest absolute Gasteiger partial charge is 0.121 e. The highest BCUT2D eigenvalue weighted by molar-refractivity contribution is 6.33. The molecule has 0 radical (unpaired) electrons. The number of ether oxygens (including phenoxy) is 1. The number of nitrogens with two attached hydrogens (primary N) is 1. The van der Waals surface area contributed by atoms with E-state index >= 15 is 0 Å². The van der Waals surface area contributed by atoms with Gasteiger partial charge in [-0.1, -0.05) is 18.5 Å². The molecule has 72 valence electrons. The van der Waals surface area contributed by atoms with Crippen LogP contribution in [-0.4, -0.2) is 6.61 Å². The van der Waals surface area contributed by atoms with Crippen molar-refractivity contribution < 1.29 is 4.74 Å². The monoisotopic (exact) mass is 199 g/mol. The molecule has 0 aliphatic heterocycles. The summed E-state index contributed by atoms with van der Waals surface area (Å²) < 4.78 is 5.43. The standard InChI is InChI=1S/C10H14ClNO/c1-3-4-13-8-5-7(2)10(12)9(11)6-8/h5-6H,3-4,12H2,1-2H3. The van der Waals surface area contributed by atoms with Crippen molar-refractivity contribution in [2.75, 3.05) is 12.3 Å². The van der Waals surface area contributed by atoms with Crippen LogP contribution >= 0.6 is 11.6 Å². The van der Waals surface area contributed by atoms with Crippen LogP contribution in [0.5, 0.6) is 5.75 Å². The minimum atomic E-state index is 0.561. The number of halogens is 1. The van der Waals surface area contributed by atoms with Gasteiger partial charge in [0.15, 0.2) is 0 Å². The number of anilines is 1. The molecule has 1 aromatic carbocycles. The third kappa shape index (κ3) is 2.52. The van der Waals surface area contributed by atoms with Gasteiger partial charge in [-0.05, 0) is 25.0 Å². The summed E-state index contributed by atoms with van der Waals surface area (Å²) in [7, 11) is 0. The summed E-state index contributed by atoms with van der Waals surface area (Å²) in [5, 5.41) is 0.561. The van der Waals surface area contributed by atoms with Crippen LogP contribution in [-0.2, 0) is 0 Å². The first-order chi connectivity index (χ1) is 6.15. The van der Waals surface area contributed by atoms with Gasteiger partial charge >= 0.3 is 0 Å². The highest BCUT2D eigenvalue weighted by Gasteiger charge is 2.03. The molecule has 0 atom stereocenters. The maximum absolute atomic E-state index is 5.89. The van der Waals surface area contributed by atoms with E-state index in [2.05, 4.69) is 6.92 Å². The predicted octanol–water partition coefficient (Wildman–Crippen LogP) is 3.02. The molecule has 0 aliphatic rings. The van der Waals surface area contributed by atoms with Crippen LogP contribution in [0, 0.1) is 6.92 Å². The zero-order valence-corrected chi connectivity index (χ0v) is 8.69. The summed E-state index contributed by atoms with van der Waals surface area (Å²) in [5.74, 6) is 0.790. The first kappa shape index (κ1) is 10.2. The van der Waals surface area contributed by atoms with Gasteiger partial charge in [0, 0.05) is 6.07 Å². The van der Waals surface area contributed by atoms with Crippen molar-refractivity contribution in [3.8, 4) is 5.75 Å². The highest BCUT2D eigenvalue weighted by Crippen LogP contribution is 2.28. The van der Waals surface area contributed by atoms with E-state index in [-0.39, 0.29) is 0 Å². The number of aryl methyl sites for hydroxylation is 1. The molecule has 3 heteroatoms. The Hall–Kier alpha value is -0.890. The number of benzene rings is 1. The van der Waals surface area contributed by atoms with E-state index < -0.39 is 0 Å². The Balaban J connectivity index is 2.86. The Morgan fingerprint density at radius 1 is 1.46 bits per heavy atom. The molecule has 1 aromatic rings. The van der Waals surface area contributed by atoms with Gasteiger partial charge in [0.2, 0.25) is 0 Å². The molecule has 0 unspecified atom stereocenters. The third-order valence-electron chi connectivity index (χ3n) is 1.78. The number of nitrogen functional groups attached to an aromatic ring is 1. The van der Waals surface area contributed by atoms with Crippen LogP contribution in [0.2, 0.25) is 5.02 Å². The SMILES string of the molecule is CCCOc1cc(C)c(N)c(Cl)c1. The van der Waals surface area contributed by atoms with Crippen molar-refractivity contribution in [3.63, 3.8) is 0 Å². The van der Waals surface area contributed by atoms with Gasteiger partial charge in [-0.25, -0.2) is 0 Å². The molecule has 0 saturated carbocycles. The molecule has 1 rings (SSSR count). The average Bonchev–Trinajstić information content (AvgIpc) is 2.10. The Morgan fingerprint density at radius 3 is 2.69 bits per heavy atom. The maximum atomic E-state index is 5.89. The summed E-state index contributed by atoms with van der Waals surface area (Å²) >= 11 is 5.89. The van der Waals surface area contributed by atoms with Crippen molar-refractivity contribution in [2.24, 2.45) is 0 Å². The quantitative estimate of drug-likeness (QED) is 0.760. The second kappa shape index (κ2) is 4.38. The second-order valence-corrected chi connectivity index (χ2v) is 3.39. The lowest BCUT2D eigenvalue weighted by Crippen LogP contribution is -1.97. The number of hydrogen-bond acceptors (Lipinski definition) is 2. The summed E-state index contributed by atoms with van der Waals surface area (Å²) in [6.45, 7) is 4.69. The maximum Gasteiger partial charge on any atom is 0.121 e. The molecule has 0 fully saturated rings. The first-order valence-electron chi connectivity index (χ1n) is 4.33. The van der Waals surface area contributed by atoms with Gasteiger partial charge in [-0.3, -0.25) is 0 Å². The highest BCUT2D eigenvalue weighted by atomic mass is 35.5. The van der Waals surface area contributed by atoms with E-state index in [1.807, 2.05) is 13.0 Å². The molecule has 0 aromatic heterocycles. The van der Waals surface area contributed by atoms with Gasteiger partial charge < -0.3 is 10.5 Å². The third-order valence-corrected chi connectivity index (χ3v) is 2.10. The zero-order chi connectivity index (χ0) is 9.84. The molecular formula is C10H14ClNO. The summed E-state index contributed by atoms with van der Waals surface area (Å²) in [6.07, 6.45) is 0.987. The fraction of sp³-hybridized carbons (Fsp3) is 0.400. The topological polar surface area (TPSA) is 35.2 Å². The lowest BCUT2D eigenvalue weighted by molar-refractivity contribution is 0.317. The van der Waals surface area contributed by atoms with Crippen molar-refractivity contribution in [1.29, 1.82) is 0 Å². The summed E-state index contributed by atoms with van der Waals surface area (Å²) in [5.41, 5.74) is 7.28. The van der Waals surface area contributed by atoms with Gasteiger partial charge in [-0.2, -0.15) is 0 Å². The van der Waals surface area contributed by atoms with E-state index in [0.29, 0.717) is 17.3 Å². The van der Waals surface area contributed by atoms with Crippen LogP contribution in [0.4, 0.5) is 5.69 Å². The fourth-order valence-corrected chi connectivity index (χ4v) is 1.28. The van der Waals surface area contributed by atoms with Crippen LogP contribution in [0.3, 0.4) is 0 Å². The average molecular weight is 200 g/mol. The molecule has 0 amide bonds. The molecule has 0 heterocycles. The van der Waals surface area contributed by atoms with Crippen molar-refractivity contribution >= 4 is 17.3 Å². The van der Waals surface area contributed by atoms with Crippen molar-refractivity contribution in [2.45, 2.75) is 20.3 Å². The lowest BCUT2D eigenvalue weighted by atomic mass is 10.2. The molecule has 0 saturated heterocycles. The van der Waals surface area contributed by atoms with Crippen molar-refractivity contribution in [3.05, 3.63) is 22.7 Å². The van der Waals surface area contributed by atoms with Gasteiger partial charge in [0.25, 0.3) is 0 Å². The Kier molecular flexibility index (Phi) is 3.43. The predicted molar refractivity (Wildman–Crippen MR) is 56.4 cm³/mol. The second-order valence-electron chi connectivity index (χ2n) is 2.98. The molecule has 13 heavy (non-hydrogen) atoms. The number of hydrogen-bond donors (Lipinski definition) is 1. The molecule has 0 spiro atoms. The lowest BCUT2D eigenvalue weighted by Gasteiger charge is -2.08. The Labute approximate surface area is 83.6 Å². The summed E-state index contributed by atoms with van der Waals surface area (Å²) in [4.78, 5) is 0. The normalized spacial score (nSPS) is 10.1. The Morgan fingerprint density at radius 2 is 2.15 bits per heavy atom. The summed E-state index contributed by atoms with van der Waals surface area (Å²) in [6, 6.07) is 3.65. The molecule has 0 bridgehead atoms. The van der Waals surface area contributed by atoms with Crippen LogP contribution in [0.25, 0.3) is 0 Å². The molecule has 2 N–H and O–H groups in total. The number of rotatable bonds is 3. The molecular weight excluding hydrogens is 186 g/mol. The minimum absolute atomic E-state index is 0.561. The van der Waals surface area contributed by atoms with E-state index in [1.54, 1.807) is 6.07 Å². The van der Waals surface area contributed by atoms with E-state index in [0.717, 1.165) is 17.7 Å². The minimum Gasteiger partial charge on any atom is -0.494 e. The van der Waals surface area contributed by atoms with Crippen LogP contribution in [0.15, 0.2) is 12.1 Å². The van der Waals surface area contributed by atoms with E-state index in [1.165, 1.54) is 0 Å². The van der Waals surface area contributed by atoms with Crippen LogP contribution in [0.1, 0.15) is 18.9 Å². The van der Waals surface area contributed by atoms with Crippen molar-refractivity contribution in [1.82, 2.24) is 0 Å².